The first-order valence-corrected chi connectivity index (χ1v) is 1.34. The van der Waals surface area contributed by atoms with Gasteiger partial charge in [-0.25, -0.2) is 0 Å². The van der Waals surface area contributed by atoms with Crippen molar-refractivity contribution in [1.82, 2.24) is 4.90 Å². The van der Waals surface area contributed by atoms with Crippen molar-refractivity contribution >= 4 is 0 Å². The molecule has 0 saturated heterocycles. The molecule has 0 radical (unpaired) electrons. The van der Waals surface area contributed by atoms with Gasteiger partial charge >= 0.3 is 21.7 Å². The van der Waals surface area contributed by atoms with Gasteiger partial charge in [0.25, 0.3) is 0 Å². The van der Waals surface area contributed by atoms with Gasteiger partial charge in [0.1, 0.15) is 0 Å². The van der Waals surface area contributed by atoms with E-state index in [-0.39, 0.29) is 21.7 Å². The monoisotopic (exact) mass is 107 g/mol. The minimum absolute atomic E-state index is 0. The summed E-state index contributed by atoms with van der Waals surface area (Å²) in [6, 6.07) is 0. The van der Waals surface area contributed by atoms with Gasteiger partial charge in [0, 0.05) is 0 Å². The van der Waals surface area contributed by atoms with Crippen LogP contribution in [0.1, 0.15) is 0 Å². The van der Waals surface area contributed by atoms with E-state index in [2.05, 4.69) is 0 Å². The van der Waals surface area contributed by atoms with Crippen molar-refractivity contribution in [1.29, 1.82) is 0 Å². The van der Waals surface area contributed by atoms with Crippen molar-refractivity contribution in [3.8, 4) is 0 Å². The van der Waals surface area contributed by atoms with Crippen molar-refractivity contribution < 1.29 is 21.7 Å². The molecule has 5 heavy (non-hydrogen) atoms. The van der Waals surface area contributed by atoms with Crippen LogP contribution in [0.3, 0.4) is 0 Å². The molecule has 0 atom stereocenters. The van der Waals surface area contributed by atoms with Gasteiger partial charge in [-0.3, -0.25) is 0 Å². The number of hydrogen-bond donors (Lipinski definition) is 0. The Morgan fingerprint density at radius 3 is 1.00 bits per heavy atom. The fourth-order valence-corrected chi connectivity index (χ4v) is 0. The van der Waals surface area contributed by atoms with E-state index in [0.29, 0.717) is 0 Å². The Labute approximate surface area is 48.2 Å². The molecule has 26 valence electrons. The maximum Gasteiger partial charge on any atom is 4.00 e. The molecule has 0 amide bonds. The molecule has 0 aromatic heterocycles. The van der Waals surface area contributed by atoms with Crippen LogP contribution >= 0.6 is 0 Å². The van der Waals surface area contributed by atoms with Crippen LogP contribution in [0.2, 0.25) is 0 Å². The Balaban J connectivity index is 0. The van der Waals surface area contributed by atoms with E-state index in [1.54, 1.807) is 0 Å². The standard InChI is InChI=1S/C3H9N.Ti/c1-4(2)3;/h1-3H3;/q;+4. The molecule has 2 heteroatoms. The number of hydrogen-bond acceptors (Lipinski definition) is 1. The van der Waals surface area contributed by atoms with Gasteiger partial charge < -0.3 is 4.90 Å². The van der Waals surface area contributed by atoms with E-state index in [1.165, 1.54) is 0 Å². The summed E-state index contributed by atoms with van der Waals surface area (Å²) in [7, 11) is 6.00. The van der Waals surface area contributed by atoms with Gasteiger partial charge in [-0.1, -0.05) is 0 Å². The average molecular weight is 107 g/mol. The van der Waals surface area contributed by atoms with E-state index in [0.717, 1.165) is 0 Å². The SMILES string of the molecule is CN(C)C.[Ti+4]. The van der Waals surface area contributed by atoms with Crippen LogP contribution < -0.4 is 0 Å². The summed E-state index contributed by atoms with van der Waals surface area (Å²) in [5, 5.41) is 0. The predicted octanol–water partition coefficient (Wildman–Crippen LogP) is 0.175. The Morgan fingerprint density at radius 2 is 1.00 bits per heavy atom. The second-order valence-corrected chi connectivity index (χ2v) is 1.34. The van der Waals surface area contributed by atoms with Gasteiger partial charge in [0.15, 0.2) is 0 Å². The molecule has 0 unspecified atom stereocenters. The number of rotatable bonds is 0. The summed E-state index contributed by atoms with van der Waals surface area (Å²) >= 11 is 0. The summed E-state index contributed by atoms with van der Waals surface area (Å²) in [5.74, 6) is 0. The van der Waals surface area contributed by atoms with E-state index >= 15 is 0 Å². The summed E-state index contributed by atoms with van der Waals surface area (Å²) in [4.78, 5) is 2.00. The molecule has 0 N–H and O–H groups in total. The minimum Gasteiger partial charge on any atom is -0.312 e. The van der Waals surface area contributed by atoms with Gasteiger partial charge in [-0.05, 0) is 21.1 Å². The number of nitrogens with zero attached hydrogens (tertiary/aromatic N) is 1. The maximum absolute atomic E-state index is 2.00. The minimum atomic E-state index is 0. The van der Waals surface area contributed by atoms with Crippen molar-refractivity contribution in [2.24, 2.45) is 0 Å². The summed E-state index contributed by atoms with van der Waals surface area (Å²) in [6.07, 6.45) is 0. The Bertz CT molecular complexity index is 11.6. The van der Waals surface area contributed by atoms with E-state index < -0.39 is 0 Å². The smallest absolute Gasteiger partial charge is 0.312 e. The van der Waals surface area contributed by atoms with Crippen molar-refractivity contribution in [2.75, 3.05) is 21.1 Å². The predicted molar refractivity (Wildman–Crippen MR) is 19.6 cm³/mol. The van der Waals surface area contributed by atoms with Crippen LogP contribution in [0.15, 0.2) is 0 Å². The van der Waals surface area contributed by atoms with Crippen molar-refractivity contribution in [2.45, 2.75) is 0 Å². The normalized spacial score (nSPS) is 7.20. The van der Waals surface area contributed by atoms with Crippen LogP contribution in [0, 0.1) is 0 Å². The zero-order chi connectivity index (χ0) is 3.58. The third-order valence-corrected chi connectivity index (χ3v) is 0. The molecule has 0 aromatic rings. The molecule has 0 aliphatic heterocycles. The third-order valence-electron chi connectivity index (χ3n) is 0. The fraction of sp³-hybridized carbons (Fsp3) is 1.00. The molecular formula is C3H9NTi+4. The van der Waals surface area contributed by atoms with Crippen LogP contribution in [-0.2, 0) is 21.7 Å². The largest absolute Gasteiger partial charge is 4.00 e. The Hall–Kier alpha value is 0.674. The molecule has 0 aliphatic carbocycles. The van der Waals surface area contributed by atoms with Crippen molar-refractivity contribution in [3.63, 3.8) is 0 Å². The quantitative estimate of drug-likeness (QED) is 0.399. The first kappa shape index (κ1) is 9.18. The van der Waals surface area contributed by atoms with Crippen LogP contribution in [0.25, 0.3) is 0 Å². The average Bonchev–Trinajstić information content (AvgIpc) is 0.811. The van der Waals surface area contributed by atoms with Crippen LogP contribution in [0.5, 0.6) is 0 Å². The summed E-state index contributed by atoms with van der Waals surface area (Å²) in [6.45, 7) is 0. The summed E-state index contributed by atoms with van der Waals surface area (Å²) in [5.41, 5.74) is 0. The van der Waals surface area contributed by atoms with Gasteiger partial charge in [-0.15, -0.1) is 0 Å². The van der Waals surface area contributed by atoms with Gasteiger partial charge in [0.2, 0.25) is 0 Å². The maximum atomic E-state index is 2.00. The van der Waals surface area contributed by atoms with E-state index in [1.807, 2.05) is 26.0 Å². The molecule has 0 aromatic carbocycles. The Morgan fingerprint density at radius 1 is 1.00 bits per heavy atom. The molecule has 0 aliphatic rings. The first-order valence-electron chi connectivity index (χ1n) is 1.34. The van der Waals surface area contributed by atoms with Crippen molar-refractivity contribution in [3.05, 3.63) is 0 Å². The van der Waals surface area contributed by atoms with E-state index in [4.69, 9.17) is 0 Å². The zero-order valence-electron chi connectivity index (χ0n) is 3.95. The topological polar surface area (TPSA) is 3.24 Å². The zero-order valence-corrected chi connectivity index (χ0v) is 5.51. The second-order valence-electron chi connectivity index (χ2n) is 1.34. The molecule has 0 fully saturated rings. The second kappa shape index (κ2) is 4.67. The third kappa shape index (κ3) is 73.5. The molecular weight excluding hydrogens is 97.9 g/mol. The first-order chi connectivity index (χ1) is 1.73. The summed E-state index contributed by atoms with van der Waals surface area (Å²) < 4.78 is 0. The van der Waals surface area contributed by atoms with E-state index in [9.17, 15) is 0 Å². The molecule has 0 spiro atoms. The molecule has 0 heterocycles. The van der Waals surface area contributed by atoms with Gasteiger partial charge in [0.05, 0.1) is 0 Å². The van der Waals surface area contributed by atoms with Gasteiger partial charge in [-0.2, -0.15) is 0 Å². The fourth-order valence-electron chi connectivity index (χ4n) is 0. The molecule has 0 rings (SSSR count). The van der Waals surface area contributed by atoms with Crippen LogP contribution in [0.4, 0.5) is 0 Å². The molecule has 0 bridgehead atoms. The molecule has 1 nitrogen and oxygen atoms in total. The Kier molecular flexibility index (Phi) is 8.59. The van der Waals surface area contributed by atoms with Crippen LogP contribution in [-0.4, -0.2) is 26.0 Å². The molecule has 0 saturated carbocycles.